The molecule has 0 amide bonds. The number of alkyl halides is 3. The highest BCUT2D eigenvalue weighted by Crippen LogP contribution is 2.61. The van der Waals surface area contributed by atoms with Crippen LogP contribution in [0.25, 0.3) is 0 Å². The molecule has 20 heavy (non-hydrogen) atoms. The average Bonchev–Trinajstić information content (AvgIpc) is 3.27. The zero-order chi connectivity index (χ0) is 14.4. The van der Waals surface area contributed by atoms with E-state index in [1.807, 2.05) is 0 Å². The SMILES string of the molecule is N#Cc1ccc(NCC2(C3CC3)CC2)cc1C(F)(F)F. The Morgan fingerprint density at radius 2 is 2.00 bits per heavy atom. The predicted molar refractivity (Wildman–Crippen MR) is 69.0 cm³/mol. The van der Waals surface area contributed by atoms with Crippen molar-refractivity contribution in [3.05, 3.63) is 29.3 Å². The fourth-order valence-corrected chi connectivity index (χ4v) is 2.85. The van der Waals surface area contributed by atoms with Gasteiger partial charge in [-0.3, -0.25) is 0 Å². The molecule has 0 aromatic heterocycles. The number of hydrogen-bond donors (Lipinski definition) is 1. The van der Waals surface area contributed by atoms with E-state index in [0.29, 0.717) is 11.1 Å². The van der Waals surface area contributed by atoms with Crippen LogP contribution in [0.5, 0.6) is 0 Å². The van der Waals surface area contributed by atoms with Gasteiger partial charge in [-0.1, -0.05) is 0 Å². The summed E-state index contributed by atoms with van der Waals surface area (Å²) >= 11 is 0. The van der Waals surface area contributed by atoms with E-state index in [9.17, 15) is 13.2 Å². The van der Waals surface area contributed by atoms with Gasteiger partial charge in [0.2, 0.25) is 0 Å². The van der Waals surface area contributed by atoms with Crippen LogP contribution in [0.15, 0.2) is 18.2 Å². The minimum Gasteiger partial charge on any atom is -0.384 e. The van der Waals surface area contributed by atoms with E-state index in [2.05, 4.69) is 5.32 Å². The molecule has 2 aliphatic rings. The quantitative estimate of drug-likeness (QED) is 0.898. The zero-order valence-corrected chi connectivity index (χ0v) is 10.9. The molecule has 1 N–H and O–H groups in total. The molecular formula is C15H15F3N2. The topological polar surface area (TPSA) is 35.8 Å². The number of nitrogens with one attached hydrogen (secondary N) is 1. The Morgan fingerprint density at radius 1 is 1.30 bits per heavy atom. The van der Waals surface area contributed by atoms with Crippen molar-refractivity contribution in [1.29, 1.82) is 5.26 Å². The second-order valence-corrected chi connectivity index (χ2v) is 5.86. The van der Waals surface area contributed by atoms with E-state index in [-0.39, 0.29) is 5.56 Å². The van der Waals surface area contributed by atoms with Crippen LogP contribution in [0.2, 0.25) is 0 Å². The average molecular weight is 280 g/mol. The highest BCUT2D eigenvalue weighted by atomic mass is 19.4. The molecule has 106 valence electrons. The van der Waals surface area contributed by atoms with Crippen molar-refractivity contribution in [1.82, 2.24) is 0 Å². The number of nitriles is 1. The van der Waals surface area contributed by atoms with E-state index in [1.54, 1.807) is 12.1 Å². The minimum absolute atomic E-state index is 0.326. The molecule has 1 aromatic rings. The van der Waals surface area contributed by atoms with Gasteiger partial charge in [0.15, 0.2) is 0 Å². The van der Waals surface area contributed by atoms with Gasteiger partial charge in [0.25, 0.3) is 0 Å². The molecular weight excluding hydrogens is 265 g/mol. The van der Waals surface area contributed by atoms with Gasteiger partial charge in [0.05, 0.1) is 17.2 Å². The molecule has 0 aliphatic heterocycles. The molecule has 5 heteroatoms. The number of benzene rings is 1. The van der Waals surface area contributed by atoms with Crippen molar-refractivity contribution < 1.29 is 13.2 Å². The lowest BCUT2D eigenvalue weighted by molar-refractivity contribution is -0.137. The fraction of sp³-hybridized carbons (Fsp3) is 0.533. The van der Waals surface area contributed by atoms with Gasteiger partial charge in [-0.15, -0.1) is 0 Å². The van der Waals surface area contributed by atoms with Gasteiger partial charge in [-0.25, -0.2) is 0 Å². The molecule has 3 rings (SSSR count). The van der Waals surface area contributed by atoms with E-state index < -0.39 is 11.7 Å². The number of nitrogens with zero attached hydrogens (tertiary/aromatic N) is 1. The fourth-order valence-electron chi connectivity index (χ4n) is 2.85. The molecule has 0 saturated heterocycles. The Bertz CT molecular complexity index is 563. The van der Waals surface area contributed by atoms with Crippen molar-refractivity contribution in [2.75, 3.05) is 11.9 Å². The predicted octanol–water partition coefficient (Wildman–Crippen LogP) is 4.18. The first-order valence-electron chi connectivity index (χ1n) is 6.80. The van der Waals surface area contributed by atoms with Crippen LogP contribution in [-0.2, 0) is 6.18 Å². The van der Waals surface area contributed by atoms with Gasteiger partial charge in [-0.2, -0.15) is 18.4 Å². The molecule has 0 radical (unpaired) electrons. The first kappa shape index (κ1) is 13.3. The molecule has 0 unspecified atom stereocenters. The second kappa shape index (κ2) is 4.41. The summed E-state index contributed by atoms with van der Waals surface area (Å²) in [6, 6.07) is 5.43. The highest BCUT2D eigenvalue weighted by molar-refractivity contribution is 5.53. The van der Waals surface area contributed by atoms with Gasteiger partial charge in [0, 0.05) is 12.2 Å². The lowest BCUT2D eigenvalue weighted by Gasteiger charge is -2.17. The van der Waals surface area contributed by atoms with Crippen LogP contribution < -0.4 is 5.32 Å². The lowest BCUT2D eigenvalue weighted by Crippen LogP contribution is -2.18. The van der Waals surface area contributed by atoms with Crippen molar-refractivity contribution >= 4 is 5.69 Å². The van der Waals surface area contributed by atoms with Gasteiger partial charge >= 0.3 is 6.18 Å². The van der Waals surface area contributed by atoms with Crippen LogP contribution >= 0.6 is 0 Å². The molecule has 0 bridgehead atoms. The van der Waals surface area contributed by atoms with Crippen LogP contribution in [-0.4, -0.2) is 6.54 Å². The Labute approximate surface area is 115 Å². The van der Waals surface area contributed by atoms with Gasteiger partial charge in [0.1, 0.15) is 0 Å². The Balaban J connectivity index is 1.75. The summed E-state index contributed by atoms with van der Waals surface area (Å²) in [4.78, 5) is 0. The third kappa shape index (κ3) is 2.47. The van der Waals surface area contributed by atoms with Crippen molar-refractivity contribution in [3.8, 4) is 6.07 Å². The summed E-state index contributed by atoms with van der Waals surface area (Å²) in [6.45, 7) is 0.737. The Morgan fingerprint density at radius 3 is 2.50 bits per heavy atom. The minimum atomic E-state index is -4.49. The summed E-state index contributed by atoms with van der Waals surface area (Å²) in [5.74, 6) is 0.760. The summed E-state index contributed by atoms with van der Waals surface area (Å²) in [5, 5.41) is 11.9. The van der Waals surface area contributed by atoms with Crippen molar-refractivity contribution in [2.24, 2.45) is 11.3 Å². The standard InChI is InChI=1S/C15H15F3N2/c16-15(17,18)13-7-12(4-1-10(13)8-19)20-9-14(5-6-14)11-2-3-11/h1,4,7,11,20H,2-3,5-6,9H2. The van der Waals surface area contributed by atoms with Gasteiger partial charge in [-0.05, 0) is 55.2 Å². The van der Waals surface area contributed by atoms with Crippen LogP contribution in [0.3, 0.4) is 0 Å². The maximum Gasteiger partial charge on any atom is 0.417 e. The Hall–Kier alpha value is -1.70. The van der Waals surface area contributed by atoms with Crippen molar-refractivity contribution in [3.63, 3.8) is 0 Å². The van der Waals surface area contributed by atoms with E-state index in [1.165, 1.54) is 31.7 Å². The first-order chi connectivity index (χ1) is 9.44. The third-order valence-electron chi connectivity index (χ3n) is 4.43. The summed E-state index contributed by atoms with van der Waals surface area (Å²) in [5.41, 5.74) is -0.414. The normalized spacial score (nSPS) is 20.3. The summed E-state index contributed by atoms with van der Waals surface area (Å²) in [6.07, 6.45) is 0.363. The molecule has 2 saturated carbocycles. The second-order valence-electron chi connectivity index (χ2n) is 5.86. The molecule has 0 atom stereocenters. The monoisotopic (exact) mass is 280 g/mol. The largest absolute Gasteiger partial charge is 0.417 e. The number of halogens is 3. The third-order valence-corrected chi connectivity index (χ3v) is 4.43. The van der Waals surface area contributed by atoms with Crippen LogP contribution in [0.4, 0.5) is 18.9 Å². The number of anilines is 1. The number of rotatable bonds is 4. The zero-order valence-electron chi connectivity index (χ0n) is 10.9. The lowest BCUT2D eigenvalue weighted by atomic mass is 10.0. The smallest absolute Gasteiger partial charge is 0.384 e. The summed E-state index contributed by atoms with van der Waals surface area (Å²) < 4.78 is 38.6. The molecule has 0 spiro atoms. The molecule has 2 nitrogen and oxygen atoms in total. The van der Waals surface area contributed by atoms with Crippen LogP contribution in [0.1, 0.15) is 36.8 Å². The molecule has 1 aromatic carbocycles. The van der Waals surface area contributed by atoms with E-state index in [0.717, 1.165) is 18.5 Å². The Kier molecular flexibility index (Phi) is 2.93. The highest BCUT2D eigenvalue weighted by Gasteiger charge is 2.53. The maximum atomic E-state index is 12.9. The summed E-state index contributed by atoms with van der Waals surface area (Å²) in [7, 11) is 0. The first-order valence-corrected chi connectivity index (χ1v) is 6.80. The van der Waals surface area contributed by atoms with Crippen molar-refractivity contribution in [2.45, 2.75) is 31.9 Å². The molecule has 0 heterocycles. The number of hydrogen-bond acceptors (Lipinski definition) is 2. The van der Waals surface area contributed by atoms with Crippen LogP contribution in [0, 0.1) is 22.7 Å². The van der Waals surface area contributed by atoms with E-state index >= 15 is 0 Å². The van der Waals surface area contributed by atoms with E-state index in [4.69, 9.17) is 5.26 Å². The van der Waals surface area contributed by atoms with Gasteiger partial charge < -0.3 is 5.32 Å². The maximum absolute atomic E-state index is 12.9. The molecule has 2 fully saturated rings. The molecule has 2 aliphatic carbocycles.